The predicted octanol–water partition coefficient (Wildman–Crippen LogP) is 2.78. The molecule has 1 amide bonds. The third-order valence-corrected chi connectivity index (χ3v) is 4.63. The maximum atomic E-state index is 12.6. The lowest BCUT2D eigenvalue weighted by Crippen LogP contribution is -2.24. The lowest BCUT2D eigenvalue weighted by molar-refractivity contribution is -0.116. The first-order chi connectivity index (χ1) is 10.6. The Hall–Kier alpha value is -2.10. The summed E-state index contributed by atoms with van der Waals surface area (Å²) in [7, 11) is 1.76. The molecule has 4 nitrogen and oxygen atoms in total. The van der Waals surface area contributed by atoms with Crippen molar-refractivity contribution in [1.29, 1.82) is 0 Å². The number of nitrogens with zero attached hydrogens (tertiary/aromatic N) is 2. The highest BCUT2D eigenvalue weighted by Gasteiger charge is 2.24. The van der Waals surface area contributed by atoms with Crippen molar-refractivity contribution in [1.82, 2.24) is 4.90 Å². The second-order valence-corrected chi connectivity index (χ2v) is 6.15. The van der Waals surface area contributed by atoms with Gasteiger partial charge >= 0.3 is 0 Å². The topological polar surface area (TPSA) is 40.6 Å². The van der Waals surface area contributed by atoms with Crippen molar-refractivity contribution >= 4 is 17.4 Å². The van der Waals surface area contributed by atoms with Crippen molar-refractivity contribution in [2.75, 3.05) is 25.0 Å². The van der Waals surface area contributed by atoms with Gasteiger partial charge in [-0.25, -0.2) is 0 Å². The molecule has 0 saturated carbocycles. The Morgan fingerprint density at radius 2 is 1.95 bits per heavy atom. The van der Waals surface area contributed by atoms with Gasteiger partial charge in [-0.15, -0.1) is 0 Å². The van der Waals surface area contributed by atoms with Crippen molar-refractivity contribution in [2.24, 2.45) is 0 Å². The zero-order valence-electron chi connectivity index (χ0n) is 13.3. The summed E-state index contributed by atoms with van der Waals surface area (Å²) in [5.74, 6) is 0.141. The van der Waals surface area contributed by atoms with Crippen molar-refractivity contribution in [3.63, 3.8) is 0 Å². The Morgan fingerprint density at radius 3 is 2.64 bits per heavy atom. The molecular formula is C18H22N2O2. The number of aryl methyl sites for hydroxylation is 1. The van der Waals surface area contributed by atoms with Crippen LogP contribution >= 0.6 is 0 Å². The van der Waals surface area contributed by atoms with Crippen LogP contribution in [-0.4, -0.2) is 36.7 Å². The van der Waals surface area contributed by atoms with Gasteiger partial charge in [0.15, 0.2) is 5.78 Å². The fourth-order valence-corrected chi connectivity index (χ4v) is 3.17. The molecule has 0 unspecified atom stereocenters. The number of amides is 1. The fourth-order valence-electron chi connectivity index (χ4n) is 3.17. The summed E-state index contributed by atoms with van der Waals surface area (Å²) in [6.07, 6.45) is 6.15. The van der Waals surface area contributed by atoms with Crippen LogP contribution in [-0.2, 0) is 11.2 Å². The number of hydrogen-bond donors (Lipinski definition) is 0. The molecule has 0 spiro atoms. The van der Waals surface area contributed by atoms with E-state index in [-0.39, 0.29) is 11.7 Å². The smallest absolute Gasteiger partial charge is 0.223 e. The molecule has 3 rings (SSSR count). The summed E-state index contributed by atoms with van der Waals surface area (Å²) in [4.78, 5) is 28.0. The first-order valence-electron chi connectivity index (χ1n) is 7.93. The number of carbonyl (C=O) groups excluding carboxylic acids is 2. The van der Waals surface area contributed by atoms with E-state index < -0.39 is 0 Å². The minimum atomic E-state index is -0.00305. The van der Waals surface area contributed by atoms with Crippen molar-refractivity contribution in [3.8, 4) is 0 Å². The number of carbonyl (C=O) groups is 2. The number of likely N-dealkylation sites (tertiary alicyclic amines) is 1. The van der Waals surface area contributed by atoms with Crippen LogP contribution in [0, 0.1) is 0 Å². The van der Waals surface area contributed by atoms with E-state index in [0.29, 0.717) is 0 Å². The maximum absolute atomic E-state index is 12.6. The lowest BCUT2D eigenvalue weighted by Gasteiger charge is -2.23. The van der Waals surface area contributed by atoms with E-state index in [1.54, 1.807) is 18.9 Å². The van der Waals surface area contributed by atoms with Gasteiger partial charge in [-0.05, 0) is 49.4 Å². The van der Waals surface area contributed by atoms with Crippen molar-refractivity contribution in [2.45, 2.75) is 32.6 Å². The number of benzene rings is 1. The van der Waals surface area contributed by atoms with E-state index in [1.807, 2.05) is 18.2 Å². The molecule has 4 heteroatoms. The monoisotopic (exact) mass is 298 g/mol. The Kier molecular flexibility index (Phi) is 4.01. The van der Waals surface area contributed by atoms with E-state index >= 15 is 0 Å². The zero-order valence-corrected chi connectivity index (χ0v) is 13.3. The summed E-state index contributed by atoms with van der Waals surface area (Å²) in [5, 5.41) is 0. The van der Waals surface area contributed by atoms with Crippen LogP contribution in [0.2, 0.25) is 0 Å². The van der Waals surface area contributed by atoms with Gasteiger partial charge in [0.25, 0.3) is 0 Å². The van der Waals surface area contributed by atoms with Crippen molar-refractivity contribution in [3.05, 3.63) is 41.1 Å². The molecule has 0 bridgehead atoms. The molecule has 1 aromatic carbocycles. The molecule has 1 saturated heterocycles. The molecule has 1 aromatic rings. The predicted molar refractivity (Wildman–Crippen MR) is 87.1 cm³/mol. The third-order valence-electron chi connectivity index (χ3n) is 4.63. The number of rotatable bonds is 2. The standard InChI is InChI=1S/C18H22N2O2/c1-13(21)19(2)16-7-8-17-14(11-16)5-6-15(18(17)22)12-20-9-3-4-10-20/h7-8,11-12H,3-6,9-10H2,1-2H3. The molecule has 2 aliphatic rings. The van der Waals surface area contributed by atoms with Crippen LogP contribution in [0.25, 0.3) is 0 Å². The minimum Gasteiger partial charge on any atom is -0.377 e. The van der Waals surface area contributed by atoms with Gasteiger partial charge in [0.05, 0.1) is 0 Å². The average Bonchev–Trinajstić information content (AvgIpc) is 3.02. The summed E-state index contributed by atoms with van der Waals surface area (Å²) >= 11 is 0. The number of Topliss-reactive ketones (excluding diaryl/α,β-unsaturated/α-hetero) is 1. The van der Waals surface area contributed by atoms with E-state index in [2.05, 4.69) is 11.1 Å². The molecule has 0 atom stereocenters. The van der Waals surface area contributed by atoms with Crippen LogP contribution in [0.3, 0.4) is 0 Å². The largest absolute Gasteiger partial charge is 0.377 e. The van der Waals surface area contributed by atoms with Gasteiger partial charge in [0.1, 0.15) is 0 Å². The highest BCUT2D eigenvalue weighted by molar-refractivity contribution is 6.11. The lowest BCUT2D eigenvalue weighted by atomic mass is 9.87. The third kappa shape index (κ3) is 2.78. The zero-order chi connectivity index (χ0) is 15.7. The van der Waals surface area contributed by atoms with Gasteiger partial charge < -0.3 is 9.80 Å². The SMILES string of the molecule is CC(=O)N(C)c1ccc2c(c1)CCC(=CN1CCCC1)C2=O. The Balaban J connectivity index is 1.86. The van der Waals surface area contributed by atoms with Gasteiger partial charge in [0.2, 0.25) is 5.91 Å². The van der Waals surface area contributed by atoms with Crippen LogP contribution < -0.4 is 4.90 Å². The Bertz CT molecular complexity index is 642. The van der Waals surface area contributed by atoms with Crippen molar-refractivity contribution < 1.29 is 9.59 Å². The number of ketones is 1. The molecule has 0 radical (unpaired) electrons. The molecule has 0 aromatic heterocycles. The molecule has 22 heavy (non-hydrogen) atoms. The van der Waals surface area contributed by atoms with Crippen LogP contribution in [0.5, 0.6) is 0 Å². The molecule has 1 heterocycles. The summed E-state index contributed by atoms with van der Waals surface area (Å²) < 4.78 is 0. The summed E-state index contributed by atoms with van der Waals surface area (Å²) in [5.41, 5.74) is 3.61. The normalized spacial score (nSPS) is 19.5. The summed E-state index contributed by atoms with van der Waals surface area (Å²) in [6.45, 7) is 3.67. The molecule has 1 aliphatic carbocycles. The highest BCUT2D eigenvalue weighted by atomic mass is 16.2. The first-order valence-corrected chi connectivity index (χ1v) is 7.93. The van der Waals surface area contributed by atoms with E-state index in [0.717, 1.165) is 48.3 Å². The summed E-state index contributed by atoms with van der Waals surface area (Å²) in [6, 6.07) is 5.70. The van der Waals surface area contributed by atoms with Gasteiger partial charge in [-0.3, -0.25) is 9.59 Å². The Morgan fingerprint density at radius 1 is 1.23 bits per heavy atom. The molecule has 1 fully saturated rings. The first kappa shape index (κ1) is 14.8. The molecular weight excluding hydrogens is 276 g/mol. The van der Waals surface area contributed by atoms with Gasteiger partial charge in [0, 0.05) is 50.1 Å². The number of fused-ring (bicyclic) bond motifs is 1. The number of allylic oxidation sites excluding steroid dienone is 1. The molecule has 1 aliphatic heterocycles. The van der Waals surface area contributed by atoms with Gasteiger partial charge in [-0.1, -0.05) is 0 Å². The maximum Gasteiger partial charge on any atom is 0.223 e. The second kappa shape index (κ2) is 5.95. The fraction of sp³-hybridized carbons (Fsp3) is 0.444. The Labute approximate surface area is 131 Å². The highest BCUT2D eigenvalue weighted by Crippen LogP contribution is 2.29. The van der Waals surface area contributed by atoms with E-state index in [9.17, 15) is 9.59 Å². The van der Waals surface area contributed by atoms with E-state index in [1.165, 1.54) is 12.8 Å². The second-order valence-electron chi connectivity index (χ2n) is 6.15. The molecule has 0 N–H and O–H groups in total. The minimum absolute atomic E-state index is 0.00305. The quantitative estimate of drug-likeness (QED) is 0.788. The van der Waals surface area contributed by atoms with E-state index in [4.69, 9.17) is 0 Å². The van der Waals surface area contributed by atoms with Crippen LogP contribution in [0.1, 0.15) is 42.1 Å². The average molecular weight is 298 g/mol. The molecule has 116 valence electrons. The van der Waals surface area contributed by atoms with Crippen LogP contribution in [0.15, 0.2) is 30.0 Å². The number of hydrogen-bond acceptors (Lipinski definition) is 3. The van der Waals surface area contributed by atoms with Crippen LogP contribution in [0.4, 0.5) is 5.69 Å². The number of anilines is 1. The van der Waals surface area contributed by atoms with Gasteiger partial charge in [-0.2, -0.15) is 0 Å².